The number of nitrogens with zero attached hydrogens (tertiary/aromatic N) is 2. The summed E-state index contributed by atoms with van der Waals surface area (Å²) in [7, 11) is -3.67. The van der Waals surface area contributed by atoms with E-state index in [1.807, 2.05) is 4.90 Å². The van der Waals surface area contributed by atoms with Crippen molar-refractivity contribution in [1.29, 1.82) is 0 Å². The average molecular weight is 395 g/mol. The normalized spacial score (nSPS) is 19.3. The summed E-state index contributed by atoms with van der Waals surface area (Å²) in [6.45, 7) is 0.935. The van der Waals surface area contributed by atoms with Crippen LogP contribution in [0.1, 0.15) is 5.56 Å². The molecule has 1 aromatic rings. The molecule has 0 spiro atoms. The van der Waals surface area contributed by atoms with E-state index < -0.39 is 34.5 Å². The van der Waals surface area contributed by atoms with Crippen molar-refractivity contribution in [1.82, 2.24) is 9.21 Å². The molecule has 0 amide bonds. The predicted molar refractivity (Wildman–Crippen MR) is 90.5 cm³/mol. The summed E-state index contributed by atoms with van der Waals surface area (Å²) in [5.74, 6) is -1.64. The standard InChI is InChI=1S/C15H20ClFN2O5S/c1-25(22,23)19(10-15(20)21)9-13-8-18(4-5-24-13)7-11-2-3-12(16)6-14(11)17/h2-3,6,13H,4-5,7-10H2,1H3,(H,20,21). The van der Waals surface area contributed by atoms with Crippen molar-refractivity contribution in [2.45, 2.75) is 12.6 Å². The summed E-state index contributed by atoms with van der Waals surface area (Å²) in [5.41, 5.74) is 0.482. The highest BCUT2D eigenvalue weighted by atomic mass is 35.5. The van der Waals surface area contributed by atoms with Crippen LogP contribution < -0.4 is 0 Å². The number of benzene rings is 1. The van der Waals surface area contributed by atoms with E-state index in [1.165, 1.54) is 6.07 Å². The van der Waals surface area contributed by atoms with Gasteiger partial charge in [-0.2, -0.15) is 4.31 Å². The summed E-state index contributed by atoms with van der Waals surface area (Å²) in [6, 6.07) is 4.46. The van der Waals surface area contributed by atoms with E-state index in [0.29, 0.717) is 36.8 Å². The van der Waals surface area contributed by atoms with Gasteiger partial charge in [0.2, 0.25) is 10.0 Å². The Morgan fingerprint density at radius 3 is 2.84 bits per heavy atom. The molecule has 0 aliphatic carbocycles. The molecule has 7 nitrogen and oxygen atoms in total. The minimum absolute atomic E-state index is 0.0647. The fourth-order valence-corrected chi connectivity index (χ4v) is 3.56. The van der Waals surface area contributed by atoms with Gasteiger partial charge in [0.25, 0.3) is 0 Å². The van der Waals surface area contributed by atoms with E-state index in [-0.39, 0.29) is 6.54 Å². The van der Waals surface area contributed by atoms with Crippen molar-refractivity contribution in [3.8, 4) is 0 Å². The van der Waals surface area contributed by atoms with E-state index >= 15 is 0 Å². The molecule has 1 aliphatic rings. The van der Waals surface area contributed by atoms with Crippen LogP contribution >= 0.6 is 11.6 Å². The molecule has 1 unspecified atom stereocenters. The lowest BCUT2D eigenvalue weighted by Crippen LogP contribution is -2.49. The van der Waals surface area contributed by atoms with Crippen molar-refractivity contribution < 1.29 is 27.4 Å². The molecule has 1 heterocycles. The van der Waals surface area contributed by atoms with E-state index in [2.05, 4.69) is 0 Å². The van der Waals surface area contributed by atoms with Crippen LogP contribution in [0.15, 0.2) is 18.2 Å². The molecule has 0 bridgehead atoms. The number of rotatable bonds is 7. The highest BCUT2D eigenvalue weighted by Gasteiger charge is 2.28. The summed E-state index contributed by atoms with van der Waals surface area (Å²) in [6.07, 6.45) is 0.470. The molecule has 1 N–H and O–H groups in total. The Morgan fingerprint density at radius 1 is 1.52 bits per heavy atom. The molecular weight excluding hydrogens is 375 g/mol. The average Bonchev–Trinajstić information content (AvgIpc) is 2.48. The van der Waals surface area contributed by atoms with Gasteiger partial charge in [0.05, 0.1) is 19.0 Å². The zero-order chi connectivity index (χ0) is 18.6. The van der Waals surface area contributed by atoms with Gasteiger partial charge in [-0.1, -0.05) is 17.7 Å². The Hall–Kier alpha value is -1.26. The second kappa shape index (κ2) is 8.41. The first-order chi connectivity index (χ1) is 11.6. The van der Waals surface area contributed by atoms with Gasteiger partial charge in [0.15, 0.2) is 0 Å². The largest absolute Gasteiger partial charge is 0.480 e. The molecule has 1 aromatic carbocycles. The van der Waals surface area contributed by atoms with Crippen molar-refractivity contribution in [2.75, 3.05) is 39.0 Å². The van der Waals surface area contributed by atoms with Crippen LogP contribution in [0.25, 0.3) is 0 Å². The summed E-state index contributed by atoms with van der Waals surface area (Å²) < 4.78 is 43.8. The molecule has 0 saturated carbocycles. The van der Waals surface area contributed by atoms with Crippen LogP contribution in [-0.4, -0.2) is 73.8 Å². The first-order valence-electron chi connectivity index (χ1n) is 7.60. The zero-order valence-electron chi connectivity index (χ0n) is 13.7. The van der Waals surface area contributed by atoms with Gasteiger partial charge >= 0.3 is 5.97 Å². The number of carboxylic acid groups (broad SMARTS) is 1. The number of carboxylic acids is 1. The van der Waals surface area contributed by atoms with Crippen molar-refractivity contribution in [3.63, 3.8) is 0 Å². The van der Waals surface area contributed by atoms with Crippen LogP contribution in [0.4, 0.5) is 4.39 Å². The third-order valence-electron chi connectivity index (χ3n) is 3.82. The molecule has 1 atom stereocenters. The first kappa shape index (κ1) is 20.1. The number of aliphatic carboxylic acids is 1. The fraction of sp³-hybridized carbons (Fsp3) is 0.533. The van der Waals surface area contributed by atoms with Gasteiger partial charge in [0.1, 0.15) is 12.4 Å². The van der Waals surface area contributed by atoms with Gasteiger partial charge in [-0.05, 0) is 12.1 Å². The molecule has 1 saturated heterocycles. The van der Waals surface area contributed by atoms with Crippen LogP contribution in [0, 0.1) is 5.82 Å². The zero-order valence-corrected chi connectivity index (χ0v) is 15.3. The van der Waals surface area contributed by atoms with Crippen molar-refractivity contribution >= 4 is 27.6 Å². The van der Waals surface area contributed by atoms with E-state index in [9.17, 15) is 17.6 Å². The molecule has 10 heteroatoms. The number of sulfonamides is 1. The van der Waals surface area contributed by atoms with Gasteiger partial charge in [0, 0.05) is 36.8 Å². The molecule has 0 aromatic heterocycles. The minimum atomic E-state index is -3.67. The summed E-state index contributed by atoms with van der Waals surface area (Å²) >= 11 is 5.74. The maximum absolute atomic E-state index is 13.9. The number of morpholine rings is 1. The monoisotopic (exact) mass is 394 g/mol. The van der Waals surface area contributed by atoms with E-state index in [4.69, 9.17) is 21.4 Å². The molecule has 1 fully saturated rings. The van der Waals surface area contributed by atoms with Crippen LogP contribution in [0.2, 0.25) is 5.02 Å². The number of halogens is 2. The van der Waals surface area contributed by atoms with E-state index in [0.717, 1.165) is 10.6 Å². The maximum Gasteiger partial charge on any atom is 0.318 e. The highest BCUT2D eigenvalue weighted by Crippen LogP contribution is 2.18. The topological polar surface area (TPSA) is 87.2 Å². The van der Waals surface area contributed by atoms with Crippen molar-refractivity contribution in [3.05, 3.63) is 34.6 Å². The van der Waals surface area contributed by atoms with Gasteiger partial charge in [-0.25, -0.2) is 12.8 Å². The second-order valence-electron chi connectivity index (χ2n) is 5.91. The van der Waals surface area contributed by atoms with Crippen LogP contribution in [0.5, 0.6) is 0 Å². The Balaban J connectivity index is 2.01. The fourth-order valence-electron chi connectivity index (χ4n) is 2.62. The molecule has 140 valence electrons. The lowest BCUT2D eigenvalue weighted by molar-refractivity contribution is -0.137. The van der Waals surface area contributed by atoms with Crippen molar-refractivity contribution in [2.24, 2.45) is 0 Å². The van der Waals surface area contributed by atoms with Gasteiger partial charge in [-0.15, -0.1) is 0 Å². The van der Waals surface area contributed by atoms with Gasteiger partial charge in [-0.3, -0.25) is 9.69 Å². The molecule has 0 radical (unpaired) electrons. The Morgan fingerprint density at radius 2 is 2.24 bits per heavy atom. The molecular formula is C15H20ClFN2O5S. The predicted octanol–water partition coefficient (Wildman–Crippen LogP) is 1.03. The lowest BCUT2D eigenvalue weighted by Gasteiger charge is -2.34. The van der Waals surface area contributed by atoms with Gasteiger partial charge < -0.3 is 9.84 Å². The summed E-state index contributed by atoms with van der Waals surface area (Å²) in [5, 5.41) is 9.18. The Bertz CT molecular complexity index is 731. The van der Waals surface area contributed by atoms with Crippen LogP contribution in [0.3, 0.4) is 0 Å². The maximum atomic E-state index is 13.9. The number of hydrogen-bond acceptors (Lipinski definition) is 5. The minimum Gasteiger partial charge on any atom is -0.480 e. The third kappa shape index (κ3) is 6.19. The summed E-state index contributed by atoms with van der Waals surface area (Å²) in [4.78, 5) is 12.8. The highest BCUT2D eigenvalue weighted by molar-refractivity contribution is 7.88. The molecule has 2 rings (SSSR count). The second-order valence-corrected chi connectivity index (χ2v) is 8.33. The van der Waals surface area contributed by atoms with Crippen LogP contribution in [-0.2, 0) is 26.1 Å². The SMILES string of the molecule is CS(=O)(=O)N(CC(=O)O)CC1CN(Cc2ccc(Cl)cc2F)CCO1. The Kier molecular flexibility index (Phi) is 6.75. The smallest absolute Gasteiger partial charge is 0.318 e. The number of carbonyl (C=O) groups is 1. The first-order valence-corrected chi connectivity index (χ1v) is 9.82. The number of ether oxygens (including phenoxy) is 1. The molecule has 1 aliphatic heterocycles. The number of hydrogen-bond donors (Lipinski definition) is 1. The third-order valence-corrected chi connectivity index (χ3v) is 5.27. The quantitative estimate of drug-likeness (QED) is 0.743. The Labute approximate surface area is 151 Å². The molecule has 25 heavy (non-hydrogen) atoms. The lowest BCUT2D eigenvalue weighted by atomic mass is 10.1. The van der Waals surface area contributed by atoms with E-state index in [1.54, 1.807) is 12.1 Å².